The predicted molar refractivity (Wildman–Crippen MR) is 114 cm³/mol. The van der Waals surface area contributed by atoms with Crippen molar-refractivity contribution in [2.45, 2.75) is 39.2 Å². The van der Waals surface area contributed by atoms with Crippen LogP contribution in [0, 0.1) is 6.07 Å². The average molecular weight is 379 g/mol. The maximum Gasteiger partial charge on any atom is 0.311 e. The van der Waals surface area contributed by atoms with E-state index in [2.05, 4.69) is 10.9 Å². The molecule has 28 heavy (non-hydrogen) atoms. The normalized spacial score (nSPS) is 10.8. The van der Waals surface area contributed by atoms with Gasteiger partial charge in [-0.15, -0.1) is 0 Å². The van der Waals surface area contributed by atoms with Gasteiger partial charge < -0.3 is 11.5 Å². The Labute approximate surface area is 166 Å². The van der Waals surface area contributed by atoms with Crippen LogP contribution < -0.4 is 16.4 Å². The van der Waals surface area contributed by atoms with Crippen molar-refractivity contribution in [2.75, 3.05) is 17.7 Å². The Morgan fingerprint density at radius 2 is 1.82 bits per heavy atom. The topological polar surface area (TPSA) is 93.8 Å². The van der Waals surface area contributed by atoms with Crippen LogP contribution in [0.5, 0.6) is 0 Å². The lowest BCUT2D eigenvalue weighted by molar-refractivity contribution is -0.129. The van der Waals surface area contributed by atoms with E-state index in [4.69, 9.17) is 11.5 Å². The van der Waals surface area contributed by atoms with Crippen molar-refractivity contribution in [2.24, 2.45) is 5.73 Å². The molecule has 0 spiro atoms. The molecule has 0 aliphatic carbocycles. The van der Waals surface area contributed by atoms with Crippen LogP contribution in [0.15, 0.2) is 42.5 Å². The molecule has 0 atom stereocenters. The molecule has 0 aromatic heterocycles. The van der Waals surface area contributed by atoms with Gasteiger partial charge in [-0.1, -0.05) is 36.0 Å². The summed E-state index contributed by atoms with van der Waals surface area (Å²) in [7, 11) is 1.65. The standard InChI is InChI=1S/C22H26N4O2/c1-5-8-20(27)26(21(28)22(2,3)24)16-11-12-18(19(23)13-16)17-10-7-6-9-15(17)14-25-4/h6-7,9-13,23H,5,8,24H2,1-4H3/p+1. The van der Waals surface area contributed by atoms with Gasteiger partial charge in [-0.3, -0.25) is 9.59 Å². The van der Waals surface area contributed by atoms with Gasteiger partial charge in [-0.2, -0.15) is 0 Å². The third kappa shape index (κ3) is 4.56. The summed E-state index contributed by atoms with van der Waals surface area (Å²) in [5.74, 6) is -0.769. The first-order valence-corrected chi connectivity index (χ1v) is 9.20. The molecular weight excluding hydrogens is 352 g/mol. The molecular formula is C22H27N4O2+. The van der Waals surface area contributed by atoms with E-state index in [1.54, 1.807) is 39.1 Å². The lowest BCUT2D eigenvalue weighted by Gasteiger charge is -2.28. The second kappa shape index (κ2) is 8.68. The minimum atomic E-state index is -1.18. The number of hydrogen-bond donors (Lipinski definition) is 2. The van der Waals surface area contributed by atoms with Crippen molar-refractivity contribution in [3.63, 3.8) is 0 Å². The molecule has 2 amide bonds. The van der Waals surface area contributed by atoms with Gasteiger partial charge in [0.2, 0.25) is 5.91 Å². The minimum absolute atomic E-state index is 0.244. The molecule has 0 aliphatic rings. The zero-order valence-electron chi connectivity index (χ0n) is 16.8. The smallest absolute Gasteiger partial charge is 0.311 e. The summed E-state index contributed by atoms with van der Waals surface area (Å²) in [5, 5.41) is 0. The summed E-state index contributed by atoms with van der Waals surface area (Å²) in [6, 6.07) is 15.7. The number of anilines is 2. The Kier molecular flexibility index (Phi) is 6.55. The third-order valence-corrected chi connectivity index (χ3v) is 4.21. The number of nitrogens with two attached hydrogens (primary N) is 2. The van der Waals surface area contributed by atoms with E-state index in [0.29, 0.717) is 17.8 Å². The van der Waals surface area contributed by atoms with Gasteiger partial charge in [0, 0.05) is 23.2 Å². The molecule has 0 saturated heterocycles. The van der Waals surface area contributed by atoms with Crippen molar-refractivity contribution in [3.8, 4) is 17.2 Å². The number of rotatable bonds is 5. The van der Waals surface area contributed by atoms with Gasteiger partial charge in [-0.25, -0.2) is 4.90 Å². The summed E-state index contributed by atoms with van der Waals surface area (Å²) in [5.41, 5.74) is 14.4. The van der Waals surface area contributed by atoms with Crippen molar-refractivity contribution in [1.29, 1.82) is 0 Å². The van der Waals surface area contributed by atoms with Crippen molar-refractivity contribution in [1.82, 2.24) is 0 Å². The highest BCUT2D eigenvalue weighted by Crippen LogP contribution is 2.32. The summed E-state index contributed by atoms with van der Waals surface area (Å²) >= 11 is 0. The number of amides is 2. The SMILES string of the molecule is CCCC(=O)N(C(=O)C(C)(C)N)c1ccc(-c2ccccc2C#[N+]C)c(N)c1. The van der Waals surface area contributed by atoms with Gasteiger partial charge in [0.25, 0.3) is 13.0 Å². The molecule has 4 N–H and O–H groups in total. The summed E-state index contributed by atoms with van der Waals surface area (Å²) in [6.45, 7) is 5.04. The third-order valence-electron chi connectivity index (χ3n) is 4.21. The molecule has 0 aliphatic heterocycles. The zero-order chi connectivity index (χ0) is 20.9. The number of carbonyl (C=O) groups is 2. The van der Waals surface area contributed by atoms with Crippen molar-refractivity contribution in [3.05, 3.63) is 52.9 Å². The molecule has 0 fully saturated rings. The van der Waals surface area contributed by atoms with Crippen molar-refractivity contribution >= 4 is 23.2 Å². The molecule has 2 aromatic carbocycles. The van der Waals surface area contributed by atoms with Crippen LogP contribution in [-0.4, -0.2) is 24.4 Å². The molecule has 0 bridgehead atoms. The summed E-state index contributed by atoms with van der Waals surface area (Å²) in [4.78, 5) is 30.5. The second-order valence-corrected chi connectivity index (χ2v) is 7.16. The largest absolute Gasteiger partial charge is 0.398 e. The predicted octanol–water partition coefficient (Wildman–Crippen LogP) is 3.64. The maximum atomic E-state index is 12.8. The molecule has 6 nitrogen and oxygen atoms in total. The quantitative estimate of drug-likeness (QED) is 0.776. The van der Waals surface area contributed by atoms with E-state index in [9.17, 15) is 9.59 Å². The van der Waals surface area contributed by atoms with Gasteiger partial charge in [0.15, 0.2) is 0 Å². The molecule has 146 valence electrons. The Morgan fingerprint density at radius 1 is 1.14 bits per heavy atom. The first-order chi connectivity index (χ1) is 13.2. The number of nitrogen functional groups attached to an aromatic ring is 1. The summed E-state index contributed by atoms with van der Waals surface area (Å²) < 4.78 is 0. The second-order valence-electron chi connectivity index (χ2n) is 7.16. The van der Waals surface area contributed by atoms with Crippen LogP contribution in [0.2, 0.25) is 0 Å². The Morgan fingerprint density at radius 3 is 2.39 bits per heavy atom. The number of carbonyl (C=O) groups excluding carboxylic acids is 2. The average Bonchev–Trinajstić information content (AvgIpc) is 2.62. The lowest BCUT2D eigenvalue weighted by atomic mass is 9.97. The molecule has 6 heteroatoms. The molecule has 2 rings (SSSR count). The first kappa shape index (κ1) is 21.1. The lowest BCUT2D eigenvalue weighted by Crippen LogP contribution is -2.53. The number of benzene rings is 2. The Balaban J connectivity index is 2.55. The maximum absolute atomic E-state index is 12.8. The van der Waals surface area contributed by atoms with Gasteiger partial charge >= 0.3 is 6.07 Å². The molecule has 2 aromatic rings. The van der Waals surface area contributed by atoms with Crippen LogP contribution in [0.1, 0.15) is 39.2 Å². The van der Waals surface area contributed by atoms with Gasteiger partial charge in [-0.05, 0) is 38.5 Å². The highest BCUT2D eigenvalue weighted by atomic mass is 16.2. The van der Waals surface area contributed by atoms with E-state index in [-0.39, 0.29) is 12.3 Å². The number of hydrogen-bond acceptors (Lipinski definition) is 4. The van der Waals surface area contributed by atoms with E-state index in [0.717, 1.165) is 21.6 Å². The fourth-order valence-electron chi connectivity index (χ4n) is 2.86. The Bertz CT molecular complexity index is 949. The zero-order valence-corrected chi connectivity index (χ0v) is 16.8. The fourth-order valence-corrected chi connectivity index (χ4v) is 2.86. The van der Waals surface area contributed by atoms with E-state index >= 15 is 0 Å². The molecule has 0 heterocycles. The number of imide groups is 1. The molecule has 0 saturated carbocycles. The molecule has 0 unspecified atom stereocenters. The van der Waals surface area contributed by atoms with Crippen molar-refractivity contribution < 1.29 is 9.59 Å². The van der Waals surface area contributed by atoms with Crippen LogP contribution >= 0.6 is 0 Å². The minimum Gasteiger partial charge on any atom is -0.398 e. The van der Waals surface area contributed by atoms with Crippen LogP contribution in [0.4, 0.5) is 11.4 Å². The van der Waals surface area contributed by atoms with E-state index < -0.39 is 11.4 Å². The fraction of sp³-hybridized carbons (Fsp3) is 0.318. The van der Waals surface area contributed by atoms with Gasteiger partial charge in [0.05, 0.1) is 11.2 Å². The van der Waals surface area contributed by atoms with Crippen LogP contribution in [0.3, 0.4) is 0 Å². The highest BCUT2D eigenvalue weighted by molar-refractivity contribution is 6.18. The van der Waals surface area contributed by atoms with E-state index in [1.165, 1.54) is 0 Å². The molecule has 0 radical (unpaired) electrons. The van der Waals surface area contributed by atoms with Crippen LogP contribution in [-0.2, 0) is 9.59 Å². The number of nitrogens with zero attached hydrogens (tertiary/aromatic N) is 2. The van der Waals surface area contributed by atoms with E-state index in [1.807, 2.05) is 31.2 Å². The highest BCUT2D eigenvalue weighted by Gasteiger charge is 2.33. The van der Waals surface area contributed by atoms with Crippen LogP contribution in [0.25, 0.3) is 16.0 Å². The van der Waals surface area contributed by atoms with Gasteiger partial charge in [0.1, 0.15) is 5.56 Å². The monoisotopic (exact) mass is 379 g/mol. The Hall–Kier alpha value is -3.17. The first-order valence-electron chi connectivity index (χ1n) is 9.20. The summed E-state index contributed by atoms with van der Waals surface area (Å²) in [6.07, 6.45) is 0.870.